The van der Waals surface area contributed by atoms with Crippen LogP contribution in [0.25, 0.3) is 11.4 Å². The van der Waals surface area contributed by atoms with Gasteiger partial charge in [-0.3, -0.25) is 9.97 Å². The maximum Gasteiger partial charge on any atom is 0.147 e. The molecule has 4 aliphatic rings. The van der Waals surface area contributed by atoms with E-state index in [4.69, 9.17) is 19.7 Å². The molecule has 1 aliphatic carbocycles. The molecule has 3 saturated heterocycles. The van der Waals surface area contributed by atoms with Gasteiger partial charge < -0.3 is 24.4 Å². The highest BCUT2D eigenvalue weighted by molar-refractivity contribution is 5.55. The Morgan fingerprint density at radius 1 is 0.919 bits per heavy atom. The summed E-state index contributed by atoms with van der Waals surface area (Å²) in [6.45, 7) is 6.60. The van der Waals surface area contributed by atoms with Gasteiger partial charge in [0.25, 0.3) is 0 Å². The summed E-state index contributed by atoms with van der Waals surface area (Å²) >= 11 is 0. The molecule has 3 aromatic heterocycles. The van der Waals surface area contributed by atoms with Gasteiger partial charge in [-0.2, -0.15) is 0 Å². The van der Waals surface area contributed by atoms with Gasteiger partial charge in [0.1, 0.15) is 22.7 Å². The quantitative estimate of drug-likeness (QED) is 0.505. The standard InChI is InChI=1S/C28H36N8O/c1-2-10-34(9-1)27-15-29-14-24(33-27)25-17-36(20-32-25)28(18-37-19-28)26-8-7-23(13-31-26)35-11-3-4-22(16-35)30-12-21-5-6-21/h7-8,13-15,17,20-22,30H,1-6,9-12,16,18-19H2. The maximum atomic E-state index is 5.72. The first-order chi connectivity index (χ1) is 18.3. The molecule has 6 heterocycles. The first-order valence-electron chi connectivity index (χ1n) is 13.9. The monoisotopic (exact) mass is 500 g/mol. The number of aromatic nitrogens is 5. The maximum absolute atomic E-state index is 5.72. The van der Waals surface area contributed by atoms with Crippen LogP contribution in [0, 0.1) is 5.92 Å². The number of hydrogen-bond acceptors (Lipinski definition) is 8. The number of imidazole rings is 1. The number of pyridine rings is 1. The van der Waals surface area contributed by atoms with Crippen LogP contribution in [0.4, 0.5) is 11.5 Å². The van der Waals surface area contributed by atoms with Crippen molar-refractivity contribution in [1.29, 1.82) is 0 Å². The molecule has 1 atom stereocenters. The third-order valence-corrected chi connectivity index (χ3v) is 8.48. The Balaban J connectivity index is 1.08. The van der Waals surface area contributed by atoms with E-state index in [0.717, 1.165) is 55.0 Å². The van der Waals surface area contributed by atoms with Gasteiger partial charge in [-0.05, 0) is 63.1 Å². The Hall–Kier alpha value is -3.04. The van der Waals surface area contributed by atoms with E-state index in [2.05, 4.69) is 43.0 Å². The largest absolute Gasteiger partial charge is 0.375 e. The molecule has 3 aliphatic heterocycles. The topological polar surface area (TPSA) is 84.2 Å². The summed E-state index contributed by atoms with van der Waals surface area (Å²) in [6.07, 6.45) is 17.4. The number of piperidine rings is 1. The van der Waals surface area contributed by atoms with Gasteiger partial charge in [-0.15, -0.1) is 0 Å². The lowest BCUT2D eigenvalue weighted by molar-refractivity contribution is -0.0784. The molecular formula is C28H36N8O. The second-order valence-electron chi connectivity index (χ2n) is 11.2. The second-order valence-corrected chi connectivity index (χ2v) is 11.2. The number of nitrogens with one attached hydrogen (secondary N) is 1. The normalized spacial score (nSPS) is 23.3. The summed E-state index contributed by atoms with van der Waals surface area (Å²) < 4.78 is 7.87. The van der Waals surface area contributed by atoms with Gasteiger partial charge in [0.05, 0.1) is 49.5 Å². The van der Waals surface area contributed by atoms with Crippen molar-refractivity contribution < 1.29 is 4.74 Å². The van der Waals surface area contributed by atoms with Gasteiger partial charge in [-0.25, -0.2) is 9.97 Å². The molecule has 4 fully saturated rings. The van der Waals surface area contributed by atoms with Gasteiger partial charge in [-0.1, -0.05) is 0 Å². The molecule has 0 aromatic carbocycles. The zero-order chi connectivity index (χ0) is 24.7. The molecule has 0 bridgehead atoms. The van der Waals surface area contributed by atoms with Crippen LogP contribution in [0.3, 0.4) is 0 Å². The highest BCUT2D eigenvalue weighted by atomic mass is 16.5. The van der Waals surface area contributed by atoms with Crippen LogP contribution >= 0.6 is 0 Å². The van der Waals surface area contributed by atoms with Gasteiger partial charge in [0.15, 0.2) is 0 Å². The Labute approximate surface area is 218 Å². The van der Waals surface area contributed by atoms with Crippen LogP contribution in [0.5, 0.6) is 0 Å². The minimum atomic E-state index is -0.333. The molecule has 1 unspecified atom stereocenters. The van der Waals surface area contributed by atoms with Crippen molar-refractivity contribution in [3.05, 3.63) is 48.9 Å². The first kappa shape index (κ1) is 23.1. The van der Waals surface area contributed by atoms with Gasteiger partial charge in [0, 0.05) is 38.4 Å². The van der Waals surface area contributed by atoms with E-state index in [9.17, 15) is 0 Å². The lowest BCUT2D eigenvalue weighted by Crippen LogP contribution is -2.52. The van der Waals surface area contributed by atoms with E-state index in [1.165, 1.54) is 50.8 Å². The fourth-order valence-electron chi connectivity index (χ4n) is 5.87. The molecule has 9 heteroatoms. The third-order valence-electron chi connectivity index (χ3n) is 8.48. The van der Waals surface area contributed by atoms with Crippen molar-refractivity contribution in [3.8, 4) is 11.4 Å². The molecule has 3 aromatic rings. The van der Waals surface area contributed by atoms with Gasteiger partial charge >= 0.3 is 0 Å². The fraction of sp³-hybridized carbons (Fsp3) is 0.571. The van der Waals surface area contributed by atoms with E-state index in [-0.39, 0.29) is 5.54 Å². The van der Waals surface area contributed by atoms with Crippen LogP contribution in [-0.4, -0.2) is 76.5 Å². The zero-order valence-electron chi connectivity index (χ0n) is 21.4. The van der Waals surface area contributed by atoms with E-state index in [1.54, 1.807) is 6.20 Å². The Morgan fingerprint density at radius 3 is 2.54 bits per heavy atom. The van der Waals surface area contributed by atoms with E-state index >= 15 is 0 Å². The summed E-state index contributed by atoms with van der Waals surface area (Å²) in [4.78, 5) is 23.8. The molecule has 9 nitrogen and oxygen atoms in total. The van der Waals surface area contributed by atoms with Crippen LogP contribution in [0.2, 0.25) is 0 Å². The van der Waals surface area contributed by atoms with Crippen molar-refractivity contribution >= 4 is 11.5 Å². The van der Waals surface area contributed by atoms with Crippen LogP contribution in [-0.2, 0) is 10.3 Å². The number of ether oxygens (including phenoxy) is 1. The molecule has 1 saturated carbocycles. The first-order valence-corrected chi connectivity index (χ1v) is 13.9. The predicted octanol–water partition coefficient (Wildman–Crippen LogP) is 3.08. The van der Waals surface area contributed by atoms with Crippen molar-refractivity contribution in [2.75, 3.05) is 55.7 Å². The Morgan fingerprint density at radius 2 is 1.78 bits per heavy atom. The average molecular weight is 501 g/mol. The highest BCUT2D eigenvalue weighted by Crippen LogP contribution is 2.35. The van der Waals surface area contributed by atoms with E-state index < -0.39 is 0 Å². The van der Waals surface area contributed by atoms with Crippen LogP contribution in [0.1, 0.15) is 44.2 Å². The average Bonchev–Trinajstić information content (AvgIpc) is 3.36. The number of anilines is 2. The highest BCUT2D eigenvalue weighted by Gasteiger charge is 2.44. The Bertz CT molecular complexity index is 1210. The number of hydrogen-bond donors (Lipinski definition) is 1. The summed E-state index contributed by atoms with van der Waals surface area (Å²) in [5, 5.41) is 3.79. The summed E-state index contributed by atoms with van der Waals surface area (Å²) in [7, 11) is 0. The van der Waals surface area contributed by atoms with Crippen LogP contribution < -0.4 is 15.1 Å². The lowest BCUT2D eigenvalue weighted by Gasteiger charge is -2.42. The van der Waals surface area contributed by atoms with Crippen molar-refractivity contribution in [3.63, 3.8) is 0 Å². The third kappa shape index (κ3) is 4.59. The number of rotatable bonds is 8. The van der Waals surface area contributed by atoms with Crippen molar-refractivity contribution in [2.24, 2.45) is 5.92 Å². The molecule has 194 valence electrons. The summed E-state index contributed by atoms with van der Waals surface area (Å²) in [6, 6.07) is 4.98. The molecule has 0 amide bonds. The number of nitrogens with zero attached hydrogens (tertiary/aromatic N) is 7. The summed E-state index contributed by atoms with van der Waals surface area (Å²) in [5.74, 6) is 1.85. The predicted molar refractivity (Wildman–Crippen MR) is 143 cm³/mol. The van der Waals surface area contributed by atoms with E-state index in [0.29, 0.717) is 19.3 Å². The van der Waals surface area contributed by atoms with Crippen molar-refractivity contribution in [1.82, 2.24) is 29.8 Å². The molecule has 0 spiro atoms. The molecular weight excluding hydrogens is 464 g/mol. The second kappa shape index (κ2) is 9.68. The molecule has 7 rings (SSSR count). The minimum Gasteiger partial charge on any atom is -0.375 e. The zero-order valence-corrected chi connectivity index (χ0v) is 21.4. The minimum absolute atomic E-state index is 0.333. The molecule has 1 N–H and O–H groups in total. The van der Waals surface area contributed by atoms with E-state index in [1.807, 2.05) is 18.7 Å². The van der Waals surface area contributed by atoms with Crippen molar-refractivity contribution in [2.45, 2.75) is 50.1 Å². The van der Waals surface area contributed by atoms with Crippen LogP contribution in [0.15, 0.2) is 43.2 Å². The fourth-order valence-corrected chi connectivity index (χ4v) is 5.87. The Kier molecular flexibility index (Phi) is 6.05. The SMILES string of the molecule is c1cc(C2(n3cnc(-c4cncc(N5CCCC5)n4)c3)COC2)ncc1N1CCCC(NCC2CC2)C1. The smallest absolute Gasteiger partial charge is 0.147 e. The van der Waals surface area contributed by atoms with Gasteiger partial charge in [0.2, 0.25) is 0 Å². The lowest BCUT2D eigenvalue weighted by atomic mass is 9.92. The summed E-state index contributed by atoms with van der Waals surface area (Å²) in [5.41, 5.74) is 3.52. The molecule has 0 radical (unpaired) electrons. The molecule has 37 heavy (non-hydrogen) atoms.